The smallest absolute Gasteiger partial charge is 0.137 e. The van der Waals surface area contributed by atoms with Crippen LogP contribution in [0.15, 0.2) is 41.5 Å². The van der Waals surface area contributed by atoms with Crippen LogP contribution < -0.4 is 10.6 Å². The summed E-state index contributed by atoms with van der Waals surface area (Å²) < 4.78 is 0. The number of likely N-dealkylation sites (tertiary alicyclic amines) is 1. The molecule has 2 aliphatic heterocycles. The molecule has 0 aliphatic carbocycles. The average molecular weight is 459 g/mol. The number of aliphatic imine (C=N–C) groups is 1. The first-order valence-electron chi connectivity index (χ1n) is 10.7. The number of fused-ring (bicyclic) bond motifs is 2. The summed E-state index contributed by atoms with van der Waals surface area (Å²) in [6.45, 7) is 6.55. The molecule has 1 aromatic carbocycles. The first-order valence-corrected chi connectivity index (χ1v) is 11.5. The van der Waals surface area contributed by atoms with E-state index in [1.54, 1.807) is 6.20 Å². The Kier molecular flexibility index (Phi) is 6.42. The Morgan fingerprint density at radius 2 is 1.81 bits per heavy atom. The van der Waals surface area contributed by atoms with Crippen molar-refractivity contribution in [1.29, 1.82) is 0 Å². The third kappa shape index (κ3) is 4.38. The molecule has 0 unspecified atom stereocenters. The van der Waals surface area contributed by atoms with Gasteiger partial charge in [0.2, 0.25) is 0 Å². The van der Waals surface area contributed by atoms with E-state index in [9.17, 15) is 0 Å². The summed E-state index contributed by atoms with van der Waals surface area (Å²) in [5, 5.41) is 9.44. The number of pyridine rings is 1. The fourth-order valence-electron chi connectivity index (χ4n) is 4.13. The van der Waals surface area contributed by atoms with Crippen molar-refractivity contribution in [3.05, 3.63) is 52.3 Å². The number of hydrogen-bond donors (Lipinski definition) is 3. The fraction of sp³-hybridized carbons (Fsp3) is 0.391. The maximum Gasteiger partial charge on any atom is 0.137 e. The van der Waals surface area contributed by atoms with Gasteiger partial charge in [-0.15, -0.1) is 0 Å². The van der Waals surface area contributed by atoms with Gasteiger partial charge in [0.25, 0.3) is 0 Å². The van der Waals surface area contributed by atoms with Gasteiger partial charge < -0.3 is 20.5 Å². The predicted octanol–water partition coefficient (Wildman–Crippen LogP) is 5.80. The van der Waals surface area contributed by atoms with E-state index in [1.165, 1.54) is 0 Å². The van der Waals surface area contributed by atoms with Crippen molar-refractivity contribution in [2.24, 2.45) is 4.99 Å². The van der Waals surface area contributed by atoms with Crippen LogP contribution in [0.2, 0.25) is 10.0 Å². The third-order valence-corrected chi connectivity index (χ3v) is 6.56. The number of amidine groups is 1. The topological polar surface area (TPSA) is 68.3 Å². The monoisotopic (exact) mass is 458 g/mol. The van der Waals surface area contributed by atoms with Gasteiger partial charge in [0, 0.05) is 30.4 Å². The van der Waals surface area contributed by atoms with Crippen molar-refractivity contribution in [1.82, 2.24) is 14.9 Å². The van der Waals surface area contributed by atoms with E-state index in [0.29, 0.717) is 16.6 Å². The van der Waals surface area contributed by atoms with Crippen LogP contribution in [0.1, 0.15) is 32.4 Å². The molecule has 1 fully saturated rings. The van der Waals surface area contributed by atoms with E-state index < -0.39 is 0 Å². The van der Waals surface area contributed by atoms with Crippen LogP contribution in [-0.2, 0) is 6.54 Å². The number of hydrogen-bond acceptors (Lipinski definition) is 4. The maximum absolute atomic E-state index is 6.26. The molecule has 2 aliphatic rings. The number of H-pyrrole nitrogens is 1. The molecule has 8 heteroatoms. The van der Waals surface area contributed by atoms with Crippen LogP contribution in [0.3, 0.4) is 0 Å². The van der Waals surface area contributed by atoms with Crippen molar-refractivity contribution < 1.29 is 0 Å². The Morgan fingerprint density at radius 3 is 2.52 bits per heavy atom. The number of nitrogens with zero attached hydrogens (tertiary/aromatic N) is 3. The zero-order chi connectivity index (χ0) is 22.0. The van der Waals surface area contributed by atoms with Gasteiger partial charge in [-0.25, -0.2) is 4.98 Å². The average Bonchev–Trinajstić information content (AvgIpc) is 3.20. The highest BCUT2D eigenvalue weighted by molar-refractivity contribution is 6.42. The molecule has 4 heterocycles. The van der Waals surface area contributed by atoms with E-state index in [4.69, 9.17) is 28.2 Å². The minimum absolute atomic E-state index is 0.235. The molecule has 31 heavy (non-hydrogen) atoms. The lowest BCUT2D eigenvalue weighted by atomic mass is 9.84. The van der Waals surface area contributed by atoms with Gasteiger partial charge >= 0.3 is 0 Å². The predicted molar refractivity (Wildman–Crippen MR) is 132 cm³/mol. The second kappa shape index (κ2) is 9.07. The lowest BCUT2D eigenvalue weighted by Gasteiger charge is -2.46. The summed E-state index contributed by atoms with van der Waals surface area (Å²) in [6.07, 6.45) is 3.72. The number of nitrogens with one attached hydrogen (secondary N) is 3. The Morgan fingerprint density at radius 1 is 1.10 bits per heavy atom. The summed E-state index contributed by atoms with van der Waals surface area (Å²) in [5.41, 5.74) is 3.56. The summed E-state index contributed by atoms with van der Waals surface area (Å²) in [5.74, 6) is 0.947. The summed E-state index contributed by atoms with van der Waals surface area (Å²) in [4.78, 5) is 15.1. The lowest BCUT2D eigenvalue weighted by molar-refractivity contribution is 0.240. The highest BCUT2D eigenvalue weighted by Crippen LogP contribution is 2.40. The number of anilines is 2. The normalized spacial score (nSPS) is 18.8. The minimum Gasteiger partial charge on any atom is -0.371 e. The highest BCUT2D eigenvalue weighted by Gasteiger charge is 2.42. The zero-order valence-corrected chi connectivity index (χ0v) is 19.6. The number of halogens is 2. The molecular formula is C23H28Cl2N6. The van der Waals surface area contributed by atoms with Gasteiger partial charge in [-0.3, -0.25) is 4.99 Å². The summed E-state index contributed by atoms with van der Waals surface area (Å²) >= 11 is 12.5. The van der Waals surface area contributed by atoms with Crippen LogP contribution in [0.5, 0.6) is 0 Å². The van der Waals surface area contributed by atoms with E-state index in [2.05, 4.69) is 44.7 Å². The molecular weight excluding hydrogens is 431 g/mol. The highest BCUT2D eigenvalue weighted by atomic mass is 35.5. The molecule has 0 amide bonds. The molecule has 3 aromatic rings. The van der Waals surface area contributed by atoms with Crippen molar-refractivity contribution in [2.75, 3.05) is 30.8 Å². The largest absolute Gasteiger partial charge is 0.371 e. The molecule has 5 rings (SSSR count). The number of aromatic nitrogens is 2. The first-order chi connectivity index (χ1) is 15.0. The number of benzene rings is 1. The van der Waals surface area contributed by atoms with Gasteiger partial charge in [0.1, 0.15) is 11.5 Å². The van der Waals surface area contributed by atoms with Crippen molar-refractivity contribution in [2.45, 2.75) is 38.8 Å². The van der Waals surface area contributed by atoms with Gasteiger partial charge in [-0.2, -0.15) is 0 Å². The standard InChI is InChI=1S/C21H22Cl2N6.C2H6/c1-29-7-4-21(5-8-29)20(27-17-10-15(22)16(23)11-18(17)28-21)25-12-14-9-13-3-2-6-24-19(13)26-14;1-2/h2-3,6,9-11,28H,4-5,7-8,12H2,1H3,(H,24,26)(H,25,27);1-2H3. The van der Waals surface area contributed by atoms with E-state index in [-0.39, 0.29) is 5.54 Å². The van der Waals surface area contributed by atoms with E-state index in [0.717, 1.165) is 59.9 Å². The third-order valence-electron chi connectivity index (χ3n) is 5.84. The molecule has 2 aromatic heterocycles. The van der Waals surface area contributed by atoms with Crippen molar-refractivity contribution >= 4 is 51.4 Å². The Bertz CT molecular complexity index is 1070. The van der Waals surface area contributed by atoms with E-state index >= 15 is 0 Å². The van der Waals surface area contributed by atoms with Crippen LogP contribution >= 0.6 is 23.2 Å². The number of aromatic amines is 1. The van der Waals surface area contributed by atoms with Gasteiger partial charge in [-0.05, 0) is 50.2 Å². The van der Waals surface area contributed by atoms with Gasteiger partial charge in [-0.1, -0.05) is 37.0 Å². The first kappa shape index (κ1) is 21.9. The quantitative estimate of drug-likeness (QED) is 0.453. The molecule has 0 saturated carbocycles. The number of rotatable bonds is 2. The SMILES string of the molecule is CC.CN1CCC2(CC1)Nc1cc(Cl)c(Cl)cc1NC2=NCc1cc2cccnc2[nH]1. The zero-order valence-electron chi connectivity index (χ0n) is 18.1. The van der Waals surface area contributed by atoms with E-state index in [1.807, 2.05) is 32.0 Å². The Balaban J connectivity index is 0.00000112. The maximum atomic E-state index is 6.26. The molecule has 164 valence electrons. The summed E-state index contributed by atoms with van der Waals surface area (Å²) in [6, 6.07) is 9.85. The molecule has 1 saturated heterocycles. The van der Waals surface area contributed by atoms with Crippen LogP contribution in [0, 0.1) is 0 Å². The van der Waals surface area contributed by atoms with Crippen LogP contribution in [-0.4, -0.2) is 46.4 Å². The minimum atomic E-state index is -0.235. The molecule has 0 atom stereocenters. The molecule has 0 radical (unpaired) electrons. The second-order valence-corrected chi connectivity index (χ2v) is 8.66. The Labute approximate surface area is 193 Å². The molecule has 1 spiro atoms. The fourth-order valence-corrected chi connectivity index (χ4v) is 4.46. The van der Waals surface area contributed by atoms with Gasteiger partial charge in [0.05, 0.1) is 33.5 Å². The second-order valence-electron chi connectivity index (χ2n) is 7.85. The summed E-state index contributed by atoms with van der Waals surface area (Å²) in [7, 11) is 2.15. The molecule has 6 nitrogen and oxygen atoms in total. The molecule has 3 N–H and O–H groups in total. The molecule has 0 bridgehead atoms. The number of piperidine rings is 1. The van der Waals surface area contributed by atoms with Crippen molar-refractivity contribution in [3.8, 4) is 0 Å². The Hall–Kier alpha value is -2.28. The lowest BCUT2D eigenvalue weighted by Crippen LogP contribution is -2.58. The van der Waals surface area contributed by atoms with Crippen LogP contribution in [0.4, 0.5) is 11.4 Å². The van der Waals surface area contributed by atoms with Crippen LogP contribution in [0.25, 0.3) is 11.0 Å². The van der Waals surface area contributed by atoms with Gasteiger partial charge in [0.15, 0.2) is 0 Å². The van der Waals surface area contributed by atoms with Crippen molar-refractivity contribution in [3.63, 3.8) is 0 Å².